The number of alkyl halides is 3. The summed E-state index contributed by atoms with van der Waals surface area (Å²) in [5.74, 6) is -0.697. The average molecular weight is 487 g/mol. The van der Waals surface area contributed by atoms with Gasteiger partial charge in [0, 0.05) is 17.7 Å². The van der Waals surface area contributed by atoms with Crippen LogP contribution in [0.2, 0.25) is 0 Å². The maximum atomic E-state index is 14.2. The average Bonchev–Trinajstić information content (AvgIpc) is 3.21. The van der Waals surface area contributed by atoms with Crippen LogP contribution in [0.5, 0.6) is 11.5 Å². The molecule has 0 saturated carbocycles. The van der Waals surface area contributed by atoms with Crippen LogP contribution < -0.4 is 9.75 Å². The number of carboxylic acid groups (broad SMARTS) is 1. The van der Waals surface area contributed by atoms with E-state index in [1.54, 1.807) is 43.3 Å². The Bertz CT molecular complexity index is 1290. The van der Waals surface area contributed by atoms with Gasteiger partial charge in [-0.2, -0.15) is 18.3 Å². The summed E-state index contributed by atoms with van der Waals surface area (Å²) >= 11 is 0. The molecule has 6 nitrogen and oxygen atoms in total. The molecule has 1 aliphatic heterocycles. The molecule has 1 atom stereocenters. The molecule has 0 radical (unpaired) electrons. The highest BCUT2D eigenvalue weighted by atomic mass is 19.4. The van der Waals surface area contributed by atoms with Gasteiger partial charge in [-0.15, -0.1) is 0 Å². The zero-order chi connectivity index (χ0) is 25.3. The van der Waals surface area contributed by atoms with Gasteiger partial charge in [0.2, 0.25) is 0 Å². The standard InChI is InChI=1S/C25H21F4N3O3/c1-14-9-16(20-10-15(2)30-13-21(20)26)3-8-22(14)35-19-6-4-17(5-7-19)32-18(12-24(33)34)11-23(31-32)25(27,28)29/h3-10,13,18H,11-12H2,1-2H3,(H,33,34). The Morgan fingerprint density at radius 3 is 2.49 bits per heavy atom. The first-order chi connectivity index (χ1) is 16.5. The summed E-state index contributed by atoms with van der Waals surface area (Å²) in [5, 5.41) is 13.8. The molecule has 1 unspecified atom stereocenters. The molecular formula is C25H21F4N3O3. The second-order valence-electron chi connectivity index (χ2n) is 8.23. The first-order valence-corrected chi connectivity index (χ1v) is 10.7. The van der Waals surface area contributed by atoms with Gasteiger partial charge in [0.25, 0.3) is 0 Å². The van der Waals surface area contributed by atoms with Crippen molar-refractivity contribution in [2.45, 2.75) is 38.9 Å². The number of carbonyl (C=O) groups is 1. The zero-order valence-corrected chi connectivity index (χ0v) is 18.8. The lowest BCUT2D eigenvalue weighted by molar-refractivity contribution is -0.137. The Balaban J connectivity index is 1.54. The van der Waals surface area contributed by atoms with Crippen molar-refractivity contribution in [2.75, 3.05) is 5.01 Å². The quantitative estimate of drug-likeness (QED) is 0.415. The number of aromatic nitrogens is 1. The number of hydrogen-bond acceptors (Lipinski definition) is 5. The monoisotopic (exact) mass is 487 g/mol. The van der Waals surface area contributed by atoms with E-state index < -0.39 is 42.6 Å². The van der Waals surface area contributed by atoms with Crippen LogP contribution in [0.4, 0.5) is 23.2 Å². The van der Waals surface area contributed by atoms with Gasteiger partial charge in [-0.25, -0.2) is 4.39 Å². The molecule has 4 rings (SSSR count). The van der Waals surface area contributed by atoms with Crippen molar-refractivity contribution in [1.82, 2.24) is 4.98 Å². The largest absolute Gasteiger partial charge is 0.481 e. The predicted molar refractivity (Wildman–Crippen MR) is 122 cm³/mol. The third kappa shape index (κ3) is 5.42. The van der Waals surface area contributed by atoms with E-state index in [9.17, 15) is 22.4 Å². The third-order valence-electron chi connectivity index (χ3n) is 5.55. The summed E-state index contributed by atoms with van der Waals surface area (Å²) < 4.78 is 59.5. The highest BCUT2D eigenvalue weighted by molar-refractivity contribution is 5.94. The number of hydrazone groups is 1. The Hall–Kier alpha value is -3.95. The minimum Gasteiger partial charge on any atom is -0.481 e. The molecule has 0 aliphatic carbocycles. The molecule has 1 aromatic heterocycles. The molecule has 182 valence electrons. The molecule has 35 heavy (non-hydrogen) atoms. The number of nitrogens with zero attached hydrogens (tertiary/aromatic N) is 3. The summed E-state index contributed by atoms with van der Waals surface area (Å²) in [6, 6.07) is 12.1. The van der Waals surface area contributed by atoms with E-state index in [0.29, 0.717) is 34.0 Å². The summed E-state index contributed by atoms with van der Waals surface area (Å²) in [7, 11) is 0. The first kappa shape index (κ1) is 24.2. The maximum absolute atomic E-state index is 14.2. The van der Waals surface area contributed by atoms with Gasteiger partial charge in [0.05, 0.1) is 24.3 Å². The van der Waals surface area contributed by atoms with Crippen molar-refractivity contribution in [3.05, 3.63) is 71.8 Å². The molecule has 3 aromatic rings. The van der Waals surface area contributed by atoms with Crippen molar-refractivity contribution < 1.29 is 32.2 Å². The Kier molecular flexibility index (Phi) is 6.47. The SMILES string of the molecule is Cc1cc(-c2ccc(Oc3ccc(N4N=C(C(F)(F)F)CC4CC(=O)O)cc3)c(C)c2)c(F)cn1. The maximum Gasteiger partial charge on any atom is 0.431 e. The molecule has 0 saturated heterocycles. The smallest absolute Gasteiger partial charge is 0.431 e. The van der Waals surface area contributed by atoms with E-state index in [-0.39, 0.29) is 0 Å². The van der Waals surface area contributed by atoms with Crippen molar-refractivity contribution in [3.8, 4) is 22.6 Å². The number of pyridine rings is 1. The molecule has 2 aromatic carbocycles. The topological polar surface area (TPSA) is 75.0 Å². The fourth-order valence-electron chi connectivity index (χ4n) is 3.85. The molecular weight excluding hydrogens is 466 g/mol. The number of aliphatic carboxylic acids is 1. The van der Waals surface area contributed by atoms with Crippen LogP contribution in [0.25, 0.3) is 11.1 Å². The van der Waals surface area contributed by atoms with Crippen molar-refractivity contribution in [1.29, 1.82) is 0 Å². The Morgan fingerprint density at radius 2 is 1.86 bits per heavy atom. The van der Waals surface area contributed by atoms with Crippen LogP contribution in [-0.2, 0) is 4.79 Å². The normalized spacial score (nSPS) is 15.8. The van der Waals surface area contributed by atoms with Gasteiger partial charge in [-0.3, -0.25) is 14.8 Å². The van der Waals surface area contributed by atoms with Crippen LogP contribution in [0.1, 0.15) is 24.1 Å². The third-order valence-corrected chi connectivity index (χ3v) is 5.55. The number of aryl methyl sites for hydroxylation is 2. The number of carboxylic acids is 1. The molecule has 0 fully saturated rings. The number of rotatable bonds is 6. The van der Waals surface area contributed by atoms with Gasteiger partial charge in [0.15, 0.2) is 0 Å². The number of ether oxygens (including phenoxy) is 1. The molecule has 2 heterocycles. The fourth-order valence-corrected chi connectivity index (χ4v) is 3.85. The minimum atomic E-state index is -4.63. The number of benzene rings is 2. The van der Waals surface area contributed by atoms with Crippen LogP contribution >= 0.6 is 0 Å². The predicted octanol–water partition coefficient (Wildman–Crippen LogP) is 6.27. The summed E-state index contributed by atoms with van der Waals surface area (Å²) in [6.07, 6.45) is -4.44. The van der Waals surface area contributed by atoms with E-state index in [4.69, 9.17) is 9.84 Å². The lowest BCUT2D eigenvalue weighted by Crippen LogP contribution is -2.29. The molecule has 10 heteroatoms. The molecule has 1 aliphatic rings. The molecule has 0 amide bonds. The van der Waals surface area contributed by atoms with Crippen LogP contribution in [0.3, 0.4) is 0 Å². The summed E-state index contributed by atoms with van der Waals surface area (Å²) in [6.45, 7) is 3.59. The van der Waals surface area contributed by atoms with Crippen molar-refractivity contribution in [2.24, 2.45) is 5.10 Å². The lowest BCUT2D eigenvalue weighted by Gasteiger charge is -2.22. The van der Waals surface area contributed by atoms with Gasteiger partial charge in [-0.05, 0) is 67.4 Å². The highest BCUT2D eigenvalue weighted by Crippen LogP contribution is 2.35. The van der Waals surface area contributed by atoms with Gasteiger partial charge in [-0.1, -0.05) is 6.07 Å². The van der Waals surface area contributed by atoms with Crippen LogP contribution in [0, 0.1) is 19.7 Å². The van der Waals surface area contributed by atoms with Crippen LogP contribution in [0.15, 0.2) is 59.8 Å². The first-order valence-electron chi connectivity index (χ1n) is 10.7. The molecule has 0 bridgehead atoms. The number of anilines is 1. The number of hydrogen-bond donors (Lipinski definition) is 1. The van der Waals surface area contributed by atoms with E-state index >= 15 is 0 Å². The lowest BCUT2D eigenvalue weighted by atomic mass is 10.0. The summed E-state index contributed by atoms with van der Waals surface area (Å²) in [5.41, 5.74) is 1.84. The van der Waals surface area contributed by atoms with E-state index in [1.165, 1.54) is 18.3 Å². The second kappa shape index (κ2) is 9.36. The fraction of sp³-hybridized carbons (Fsp3) is 0.240. The highest BCUT2D eigenvalue weighted by Gasteiger charge is 2.43. The minimum absolute atomic E-state index is 0.318. The Morgan fingerprint density at radius 1 is 1.14 bits per heavy atom. The molecule has 0 spiro atoms. The molecule has 1 N–H and O–H groups in total. The Labute approximate surface area is 198 Å². The number of halogens is 4. The van der Waals surface area contributed by atoms with E-state index in [1.807, 2.05) is 6.92 Å². The van der Waals surface area contributed by atoms with Gasteiger partial charge in [0.1, 0.15) is 23.0 Å². The van der Waals surface area contributed by atoms with Crippen molar-refractivity contribution in [3.63, 3.8) is 0 Å². The zero-order valence-electron chi connectivity index (χ0n) is 18.8. The van der Waals surface area contributed by atoms with Crippen molar-refractivity contribution >= 4 is 17.4 Å². The van der Waals surface area contributed by atoms with E-state index in [0.717, 1.165) is 10.6 Å². The van der Waals surface area contributed by atoms with Gasteiger partial charge >= 0.3 is 12.1 Å². The van der Waals surface area contributed by atoms with Crippen LogP contribution in [-0.4, -0.2) is 34.0 Å². The van der Waals surface area contributed by atoms with Gasteiger partial charge < -0.3 is 9.84 Å². The second-order valence-corrected chi connectivity index (χ2v) is 8.23. The summed E-state index contributed by atoms with van der Waals surface area (Å²) in [4.78, 5) is 15.1. The van der Waals surface area contributed by atoms with E-state index in [2.05, 4.69) is 10.1 Å².